The molecule has 18 heavy (non-hydrogen) atoms. The highest BCUT2D eigenvalue weighted by atomic mass is 32.2. The van der Waals surface area contributed by atoms with Crippen molar-refractivity contribution in [1.29, 1.82) is 0 Å². The second-order valence-electron chi connectivity index (χ2n) is 3.45. The van der Waals surface area contributed by atoms with E-state index in [1.807, 2.05) is 0 Å². The minimum absolute atomic E-state index is 0.0405. The standard InChI is InChI=1S/C10H10N4O3S/c11-7-1-3-8(4-2-7)18(16,17)14-9-5-6-12-10(15)13-9/h1-6H,11H2,(H2,12,13,14,15). The number of nitrogens with two attached hydrogens (primary N) is 1. The van der Waals surface area contributed by atoms with Gasteiger partial charge < -0.3 is 10.7 Å². The summed E-state index contributed by atoms with van der Waals surface area (Å²) in [4.78, 5) is 16.7. The molecule has 1 aromatic heterocycles. The molecule has 0 bridgehead atoms. The van der Waals surface area contributed by atoms with Crippen LogP contribution in [0.2, 0.25) is 0 Å². The highest BCUT2D eigenvalue weighted by molar-refractivity contribution is 7.92. The van der Waals surface area contributed by atoms with Crippen LogP contribution in [0.3, 0.4) is 0 Å². The van der Waals surface area contributed by atoms with Gasteiger partial charge in [0.05, 0.1) is 4.90 Å². The first kappa shape index (κ1) is 12.1. The van der Waals surface area contributed by atoms with Crippen molar-refractivity contribution in [2.45, 2.75) is 4.90 Å². The first-order chi connectivity index (χ1) is 8.47. The Labute approximate surface area is 103 Å². The fourth-order valence-electron chi connectivity index (χ4n) is 1.27. The molecule has 0 aliphatic heterocycles. The van der Waals surface area contributed by atoms with Gasteiger partial charge >= 0.3 is 5.69 Å². The molecule has 0 amide bonds. The maximum absolute atomic E-state index is 11.9. The zero-order valence-corrected chi connectivity index (χ0v) is 9.94. The van der Waals surface area contributed by atoms with Gasteiger partial charge in [0.25, 0.3) is 10.0 Å². The number of aromatic amines is 1. The summed E-state index contributed by atoms with van der Waals surface area (Å²) in [5.41, 5.74) is 5.30. The number of hydrogen-bond acceptors (Lipinski definition) is 5. The molecule has 1 heterocycles. The molecule has 8 heteroatoms. The summed E-state index contributed by atoms with van der Waals surface area (Å²) in [7, 11) is -3.77. The van der Waals surface area contributed by atoms with E-state index in [0.29, 0.717) is 5.69 Å². The maximum atomic E-state index is 11.9. The molecular weight excluding hydrogens is 256 g/mol. The number of nitrogens with zero attached hydrogens (tertiary/aromatic N) is 1. The van der Waals surface area contributed by atoms with E-state index in [2.05, 4.69) is 14.7 Å². The van der Waals surface area contributed by atoms with Gasteiger partial charge in [-0.25, -0.2) is 13.2 Å². The van der Waals surface area contributed by atoms with Gasteiger partial charge in [0, 0.05) is 11.9 Å². The van der Waals surface area contributed by atoms with Gasteiger partial charge in [-0.3, -0.25) is 4.72 Å². The molecule has 0 aliphatic carbocycles. The van der Waals surface area contributed by atoms with Crippen LogP contribution in [0.4, 0.5) is 11.5 Å². The molecule has 0 fully saturated rings. The number of aromatic nitrogens is 2. The largest absolute Gasteiger partial charge is 0.399 e. The zero-order chi connectivity index (χ0) is 13.2. The quantitative estimate of drug-likeness (QED) is 0.683. The lowest BCUT2D eigenvalue weighted by atomic mass is 10.3. The van der Waals surface area contributed by atoms with Gasteiger partial charge in [-0.2, -0.15) is 4.98 Å². The van der Waals surface area contributed by atoms with Crippen molar-refractivity contribution in [2.75, 3.05) is 10.5 Å². The molecule has 2 aromatic rings. The van der Waals surface area contributed by atoms with Crippen LogP contribution in [0, 0.1) is 0 Å². The maximum Gasteiger partial charge on any atom is 0.346 e. The number of nitrogens with one attached hydrogen (secondary N) is 2. The highest BCUT2D eigenvalue weighted by Crippen LogP contribution is 2.14. The number of H-pyrrole nitrogens is 1. The van der Waals surface area contributed by atoms with Gasteiger partial charge in [-0.15, -0.1) is 0 Å². The van der Waals surface area contributed by atoms with Gasteiger partial charge in [0.1, 0.15) is 5.82 Å². The number of rotatable bonds is 3. The van der Waals surface area contributed by atoms with Crippen molar-refractivity contribution in [3.05, 3.63) is 47.0 Å². The number of benzene rings is 1. The van der Waals surface area contributed by atoms with Crippen LogP contribution < -0.4 is 16.1 Å². The molecular formula is C10H10N4O3S. The molecule has 0 radical (unpaired) electrons. The van der Waals surface area contributed by atoms with Crippen molar-refractivity contribution in [2.24, 2.45) is 0 Å². The lowest BCUT2D eigenvalue weighted by Crippen LogP contribution is -2.18. The second-order valence-corrected chi connectivity index (χ2v) is 5.14. The van der Waals surface area contributed by atoms with E-state index < -0.39 is 15.7 Å². The molecule has 4 N–H and O–H groups in total. The number of sulfonamides is 1. The molecule has 1 aromatic carbocycles. The Kier molecular flexibility index (Phi) is 3.02. The first-order valence-corrected chi connectivity index (χ1v) is 6.40. The monoisotopic (exact) mass is 266 g/mol. The third-order valence-corrected chi connectivity index (χ3v) is 3.47. The van der Waals surface area contributed by atoms with E-state index in [9.17, 15) is 13.2 Å². The third kappa shape index (κ3) is 2.66. The SMILES string of the molecule is Nc1ccc(S(=O)(=O)Nc2cc[nH]c(=O)n2)cc1. The van der Waals surface area contributed by atoms with Crippen LogP contribution in [0.5, 0.6) is 0 Å². The smallest absolute Gasteiger partial charge is 0.346 e. The predicted octanol–water partition coefficient (Wildman–Crippen LogP) is 0.153. The summed E-state index contributed by atoms with van der Waals surface area (Å²) < 4.78 is 26.0. The topological polar surface area (TPSA) is 118 Å². The van der Waals surface area contributed by atoms with Gasteiger partial charge in [0.15, 0.2) is 0 Å². The van der Waals surface area contributed by atoms with E-state index in [0.717, 1.165) is 0 Å². The summed E-state index contributed by atoms with van der Waals surface area (Å²) in [6.07, 6.45) is 1.30. The zero-order valence-electron chi connectivity index (χ0n) is 9.12. The van der Waals surface area contributed by atoms with Crippen LogP contribution >= 0.6 is 0 Å². The molecule has 94 valence electrons. The van der Waals surface area contributed by atoms with E-state index in [1.54, 1.807) is 0 Å². The van der Waals surface area contributed by atoms with Crippen molar-refractivity contribution in [3.8, 4) is 0 Å². The van der Waals surface area contributed by atoms with E-state index >= 15 is 0 Å². The van der Waals surface area contributed by atoms with Crippen LogP contribution in [0.1, 0.15) is 0 Å². The van der Waals surface area contributed by atoms with Crippen LogP contribution in [0.15, 0.2) is 46.2 Å². The summed E-state index contributed by atoms with van der Waals surface area (Å²) in [5.74, 6) is -0.0458. The van der Waals surface area contributed by atoms with E-state index in [-0.39, 0.29) is 10.7 Å². The average molecular weight is 266 g/mol. The minimum atomic E-state index is -3.77. The van der Waals surface area contributed by atoms with Crippen molar-refractivity contribution >= 4 is 21.5 Å². The first-order valence-electron chi connectivity index (χ1n) is 4.91. The fourth-order valence-corrected chi connectivity index (χ4v) is 2.27. The summed E-state index contributed by atoms with van der Waals surface area (Å²) in [6.45, 7) is 0. The van der Waals surface area contributed by atoms with Gasteiger partial charge in [-0.1, -0.05) is 0 Å². The van der Waals surface area contributed by atoms with Crippen LogP contribution in [-0.4, -0.2) is 18.4 Å². The van der Waals surface area contributed by atoms with Crippen molar-refractivity contribution < 1.29 is 8.42 Å². The molecule has 0 saturated heterocycles. The normalized spacial score (nSPS) is 11.1. The Morgan fingerprint density at radius 2 is 1.83 bits per heavy atom. The Bertz CT molecular complexity index is 706. The molecule has 7 nitrogen and oxygen atoms in total. The van der Waals surface area contributed by atoms with Crippen LogP contribution in [-0.2, 0) is 10.0 Å². The van der Waals surface area contributed by atoms with Crippen molar-refractivity contribution in [3.63, 3.8) is 0 Å². The Balaban J connectivity index is 2.33. The Morgan fingerprint density at radius 3 is 2.44 bits per heavy atom. The lowest BCUT2D eigenvalue weighted by Gasteiger charge is -2.06. The Hall–Kier alpha value is -2.35. The van der Waals surface area contributed by atoms with Gasteiger partial charge in [0.2, 0.25) is 0 Å². The third-order valence-electron chi connectivity index (χ3n) is 2.10. The Morgan fingerprint density at radius 1 is 1.17 bits per heavy atom. The minimum Gasteiger partial charge on any atom is -0.399 e. The summed E-state index contributed by atoms with van der Waals surface area (Å²) in [6, 6.07) is 7.02. The second kappa shape index (κ2) is 4.49. The molecule has 0 atom stereocenters. The summed E-state index contributed by atoms with van der Waals surface area (Å²) >= 11 is 0. The van der Waals surface area contributed by atoms with Crippen molar-refractivity contribution in [1.82, 2.24) is 9.97 Å². The number of hydrogen-bond donors (Lipinski definition) is 3. The van der Waals surface area contributed by atoms with Gasteiger partial charge in [-0.05, 0) is 30.3 Å². The average Bonchev–Trinajstić information content (AvgIpc) is 2.29. The lowest BCUT2D eigenvalue weighted by molar-refractivity contribution is 0.601. The molecule has 2 rings (SSSR count). The molecule has 0 spiro atoms. The number of anilines is 2. The molecule has 0 aliphatic rings. The summed E-state index contributed by atoms with van der Waals surface area (Å²) in [5, 5.41) is 0. The van der Waals surface area contributed by atoms with E-state index in [4.69, 9.17) is 5.73 Å². The predicted molar refractivity (Wildman–Crippen MR) is 66.5 cm³/mol. The van der Waals surface area contributed by atoms with Crippen LogP contribution in [0.25, 0.3) is 0 Å². The fraction of sp³-hybridized carbons (Fsp3) is 0. The highest BCUT2D eigenvalue weighted by Gasteiger charge is 2.14. The van der Waals surface area contributed by atoms with E-state index in [1.165, 1.54) is 36.5 Å². The molecule has 0 unspecified atom stereocenters. The number of nitrogen functional groups attached to an aromatic ring is 1. The molecule has 0 saturated carbocycles.